The van der Waals surface area contributed by atoms with Crippen molar-refractivity contribution in [3.05, 3.63) is 76.9 Å². The number of benzene rings is 2. The molecule has 0 bridgehead atoms. The third-order valence-electron chi connectivity index (χ3n) is 8.12. The number of phenolic OH excluding ortho intramolecular Hbond substituents is 1. The van der Waals surface area contributed by atoms with E-state index in [1.807, 2.05) is 36.4 Å². The van der Waals surface area contributed by atoms with E-state index in [1.54, 1.807) is 31.4 Å². The molecule has 2 aromatic rings. The van der Waals surface area contributed by atoms with Gasteiger partial charge in [0.1, 0.15) is 5.75 Å². The lowest BCUT2D eigenvalue weighted by Gasteiger charge is -2.43. The Labute approximate surface area is 223 Å². The molecule has 2 fully saturated rings. The lowest BCUT2D eigenvalue weighted by molar-refractivity contribution is -0.122. The van der Waals surface area contributed by atoms with Crippen molar-refractivity contribution in [3.8, 4) is 5.75 Å². The number of hydrogen-bond acceptors (Lipinski definition) is 6. The van der Waals surface area contributed by atoms with Crippen LogP contribution >= 0.6 is 0 Å². The highest BCUT2D eigenvalue weighted by atomic mass is 16.5. The Morgan fingerprint density at radius 1 is 1.11 bits per heavy atom. The van der Waals surface area contributed by atoms with Crippen LogP contribution in [0.1, 0.15) is 38.2 Å². The van der Waals surface area contributed by atoms with Crippen LogP contribution in [0.4, 0.5) is 5.69 Å². The van der Waals surface area contributed by atoms with Gasteiger partial charge in [0.05, 0.1) is 30.2 Å². The minimum atomic E-state index is -1.02. The summed E-state index contributed by atoms with van der Waals surface area (Å²) < 4.78 is 11.6. The molecular weight excluding hydrogens is 481 g/mol. The lowest BCUT2D eigenvalue weighted by Crippen LogP contribution is -2.46. The van der Waals surface area contributed by atoms with E-state index in [-0.39, 0.29) is 35.9 Å². The first-order chi connectivity index (χ1) is 18.4. The van der Waals surface area contributed by atoms with Crippen molar-refractivity contribution in [2.24, 2.45) is 17.8 Å². The number of hydrogen-bond donors (Lipinski definition) is 2. The second-order valence-electron chi connectivity index (χ2n) is 10.4. The number of phenols is 1. The normalized spacial score (nSPS) is 25.6. The number of amides is 2. The van der Waals surface area contributed by atoms with Crippen LogP contribution in [0.25, 0.3) is 6.08 Å². The molecule has 0 unspecified atom stereocenters. The van der Waals surface area contributed by atoms with Gasteiger partial charge < -0.3 is 19.5 Å². The summed E-state index contributed by atoms with van der Waals surface area (Å²) in [5.74, 6) is -1.44. The minimum absolute atomic E-state index is 0.185. The first-order valence-electron chi connectivity index (χ1n) is 13.4. The lowest BCUT2D eigenvalue weighted by atomic mass is 9.58. The Kier molecular flexibility index (Phi) is 7.84. The molecule has 198 valence electrons. The van der Waals surface area contributed by atoms with Crippen molar-refractivity contribution in [1.29, 1.82) is 0 Å². The van der Waals surface area contributed by atoms with E-state index in [2.05, 4.69) is 6.92 Å². The number of aromatic hydroxyl groups is 1. The summed E-state index contributed by atoms with van der Waals surface area (Å²) in [6.07, 6.45) is 4.47. The summed E-state index contributed by atoms with van der Waals surface area (Å²) in [6.45, 7) is 2.43. The van der Waals surface area contributed by atoms with Gasteiger partial charge in [0.25, 0.3) is 0 Å². The van der Waals surface area contributed by atoms with E-state index < -0.39 is 19.0 Å². The topological polar surface area (TPSA) is 96.3 Å². The molecule has 1 aliphatic carbocycles. The van der Waals surface area contributed by atoms with Gasteiger partial charge in [-0.1, -0.05) is 55.0 Å². The van der Waals surface area contributed by atoms with Gasteiger partial charge in [-0.05, 0) is 67.3 Å². The predicted molar refractivity (Wildman–Crippen MR) is 146 cm³/mol. The monoisotopic (exact) mass is 515 g/mol. The molecule has 4 atom stereocenters. The minimum Gasteiger partial charge on any atom is -0.507 e. The molecule has 0 spiro atoms. The molecular formula is C30H34BNO6. The summed E-state index contributed by atoms with van der Waals surface area (Å²) in [5, 5.41) is 21.0. The van der Waals surface area contributed by atoms with Crippen LogP contribution in [0, 0.1) is 17.8 Å². The third kappa shape index (κ3) is 4.96. The second-order valence-corrected chi connectivity index (χ2v) is 10.4. The van der Waals surface area contributed by atoms with Crippen LogP contribution in [-0.2, 0) is 19.0 Å². The fraction of sp³-hybridized carbons (Fsp3) is 0.400. The zero-order chi connectivity index (χ0) is 26.8. The molecule has 2 amide bonds. The SMILES string of the molecule is CC/C(=C\c1ccccc1O)CC[C@H]1OB(O)C[C@H]2C1=C(COC)C[C@H]1C(=O)N(c3ccccc3)C(=O)[C@H]12. The Morgan fingerprint density at radius 3 is 2.55 bits per heavy atom. The van der Waals surface area contributed by atoms with E-state index in [9.17, 15) is 19.7 Å². The fourth-order valence-corrected chi connectivity index (χ4v) is 6.40. The van der Waals surface area contributed by atoms with Gasteiger partial charge in [0.15, 0.2) is 0 Å². The number of imide groups is 1. The average Bonchev–Trinajstić information content (AvgIpc) is 3.17. The van der Waals surface area contributed by atoms with Crippen LogP contribution in [0.15, 0.2) is 71.3 Å². The first kappa shape index (κ1) is 26.4. The molecule has 0 aromatic heterocycles. The van der Waals surface area contributed by atoms with Crippen LogP contribution in [0.2, 0.25) is 6.32 Å². The number of methoxy groups -OCH3 is 1. The maximum absolute atomic E-state index is 13.7. The van der Waals surface area contributed by atoms with Crippen molar-refractivity contribution in [2.75, 3.05) is 18.6 Å². The quantitative estimate of drug-likeness (QED) is 0.303. The van der Waals surface area contributed by atoms with Gasteiger partial charge in [-0.2, -0.15) is 0 Å². The predicted octanol–water partition coefficient (Wildman–Crippen LogP) is 4.61. The summed E-state index contributed by atoms with van der Waals surface area (Å²) in [5.41, 5.74) is 4.50. The molecule has 3 aliphatic rings. The highest BCUT2D eigenvalue weighted by Gasteiger charge is 2.57. The van der Waals surface area contributed by atoms with E-state index >= 15 is 0 Å². The van der Waals surface area contributed by atoms with Crippen molar-refractivity contribution >= 4 is 30.7 Å². The van der Waals surface area contributed by atoms with Crippen molar-refractivity contribution in [3.63, 3.8) is 0 Å². The Hall–Kier alpha value is -3.20. The van der Waals surface area contributed by atoms with Crippen molar-refractivity contribution < 1.29 is 29.1 Å². The molecule has 2 aliphatic heterocycles. The summed E-state index contributed by atoms with van der Waals surface area (Å²) in [6, 6.07) is 16.3. The molecule has 0 saturated carbocycles. The number of carbonyl (C=O) groups is 2. The number of carbonyl (C=O) groups excluding carboxylic acids is 2. The van der Waals surface area contributed by atoms with Crippen LogP contribution < -0.4 is 4.90 Å². The largest absolute Gasteiger partial charge is 0.507 e. The highest BCUT2D eigenvalue weighted by Crippen LogP contribution is 2.51. The van der Waals surface area contributed by atoms with E-state index in [0.29, 0.717) is 31.6 Å². The maximum atomic E-state index is 13.7. The number of allylic oxidation sites excluding steroid dienone is 1. The molecule has 2 heterocycles. The number of para-hydroxylation sites is 2. The van der Waals surface area contributed by atoms with E-state index in [0.717, 1.165) is 28.7 Å². The van der Waals surface area contributed by atoms with Crippen molar-refractivity contribution in [2.45, 2.75) is 45.0 Å². The third-order valence-corrected chi connectivity index (χ3v) is 8.12. The molecule has 2 saturated heterocycles. The molecule has 2 aromatic carbocycles. The Morgan fingerprint density at radius 2 is 1.84 bits per heavy atom. The molecule has 8 heteroatoms. The van der Waals surface area contributed by atoms with Crippen molar-refractivity contribution in [1.82, 2.24) is 0 Å². The number of anilines is 1. The van der Waals surface area contributed by atoms with Gasteiger partial charge in [-0.3, -0.25) is 14.5 Å². The number of rotatable bonds is 8. The van der Waals surface area contributed by atoms with Crippen LogP contribution in [0.3, 0.4) is 0 Å². The Bertz CT molecular complexity index is 1260. The number of fused-ring (bicyclic) bond motifs is 3. The zero-order valence-corrected chi connectivity index (χ0v) is 21.9. The fourth-order valence-electron chi connectivity index (χ4n) is 6.40. The second kappa shape index (κ2) is 11.3. The Balaban J connectivity index is 1.44. The summed E-state index contributed by atoms with van der Waals surface area (Å²) >= 11 is 0. The van der Waals surface area contributed by atoms with Gasteiger partial charge >= 0.3 is 7.12 Å². The highest BCUT2D eigenvalue weighted by molar-refractivity contribution is 6.43. The van der Waals surface area contributed by atoms with Gasteiger partial charge in [-0.25, -0.2) is 0 Å². The zero-order valence-electron chi connectivity index (χ0n) is 21.9. The van der Waals surface area contributed by atoms with Gasteiger partial charge in [0, 0.05) is 12.7 Å². The smallest absolute Gasteiger partial charge is 0.455 e. The molecule has 0 radical (unpaired) electrons. The number of nitrogens with zero attached hydrogens (tertiary/aromatic N) is 1. The standard InChI is InChI=1S/C30H34BNO6/c1-3-19(15-20-9-7-8-12-25(20)33)13-14-26-27-21(18-37-2)16-23-28(24(27)17-31(36)38-26)30(35)32(29(23)34)22-10-5-4-6-11-22/h4-12,15,23-24,26,28,33,36H,3,13-14,16-18H2,1-2H3/b19-15+/t23-,24+,26-,28-/m1/s1. The molecule has 38 heavy (non-hydrogen) atoms. The summed E-state index contributed by atoms with van der Waals surface area (Å²) in [7, 11) is 0.613. The maximum Gasteiger partial charge on any atom is 0.455 e. The van der Waals surface area contributed by atoms with E-state index in [1.165, 1.54) is 4.90 Å². The molecule has 7 nitrogen and oxygen atoms in total. The van der Waals surface area contributed by atoms with Crippen LogP contribution in [-0.4, -0.2) is 48.9 Å². The molecule has 2 N–H and O–H groups in total. The van der Waals surface area contributed by atoms with Gasteiger partial charge in [-0.15, -0.1) is 0 Å². The van der Waals surface area contributed by atoms with Gasteiger partial charge in [0.2, 0.25) is 11.8 Å². The number of ether oxygens (including phenoxy) is 1. The van der Waals surface area contributed by atoms with E-state index in [4.69, 9.17) is 9.39 Å². The first-order valence-corrected chi connectivity index (χ1v) is 13.4. The summed E-state index contributed by atoms with van der Waals surface area (Å²) in [4.78, 5) is 28.6. The average molecular weight is 515 g/mol. The molecule has 5 rings (SSSR count). The van der Waals surface area contributed by atoms with Crippen LogP contribution in [0.5, 0.6) is 5.75 Å².